The summed E-state index contributed by atoms with van der Waals surface area (Å²) in [5.41, 5.74) is 1.83. The van der Waals surface area contributed by atoms with Crippen molar-refractivity contribution in [1.29, 1.82) is 0 Å². The molecule has 0 aliphatic heterocycles. The second-order valence-electron chi connectivity index (χ2n) is 7.07. The fourth-order valence-corrected chi connectivity index (χ4v) is 3.73. The minimum atomic E-state index is -1.12. The quantitative estimate of drug-likeness (QED) is 0.439. The highest BCUT2D eigenvalue weighted by Gasteiger charge is 2.27. The summed E-state index contributed by atoms with van der Waals surface area (Å²) in [5.74, 6) is 5.51. The molecule has 3 amide bonds. The van der Waals surface area contributed by atoms with Gasteiger partial charge in [-0.1, -0.05) is 50.0 Å². The van der Waals surface area contributed by atoms with Crippen LogP contribution in [0.3, 0.4) is 0 Å². The number of hydrogen-bond acceptors (Lipinski definition) is 4. The Labute approximate surface area is 193 Å². The van der Waals surface area contributed by atoms with Crippen molar-refractivity contribution in [2.24, 2.45) is 0 Å². The Bertz CT molecular complexity index is 982. The molecule has 0 saturated carbocycles. The van der Waals surface area contributed by atoms with Gasteiger partial charge in [-0.3, -0.25) is 9.69 Å². The van der Waals surface area contributed by atoms with Gasteiger partial charge in [0.2, 0.25) is 0 Å². The summed E-state index contributed by atoms with van der Waals surface area (Å²) < 4.78 is 0. The van der Waals surface area contributed by atoms with Crippen molar-refractivity contribution in [3.63, 3.8) is 0 Å². The smallest absolute Gasteiger partial charge is 0.327 e. The van der Waals surface area contributed by atoms with Crippen LogP contribution in [0.15, 0.2) is 54.6 Å². The van der Waals surface area contributed by atoms with Gasteiger partial charge in [0, 0.05) is 29.0 Å². The number of imide groups is 1. The Hall–Kier alpha value is -3.24. The van der Waals surface area contributed by atoms with Crippen LogP contribution in [0, 0.1) is 11.8 Å². The van der Waals surface area contributed by atoms with Gasteiger partial charge in [0.05, 0.1) is 0 Å². The number of nitrogens with zero attached hydrogens (tertiary/aromatic N) is 1. The first-order chi connectivity index (χ1) is 15.5. The number of carboxylic acids is 1. The number of aliphatic carboxylic acids is 1. The Kier molecular flexibility index (Phi) is 10.3. The average Bonchev–Trinajstić information content (AvgIpc) is 2.81. The van der Waals surface area contributed by atoms with Gasteiger partial charge in [-0.25, -0.2) is 9.59 Å². The van der Waals surface area contributed by atoms with Crippen LogP contribution in [0.1, 0.15) is 48.2 Å². The van der Waals surface area contributed by atoms with E-state index in [0.29, 0.717) is 17.5 Å². The molecule has 0 unspecified atom stereocenters. The maximum Gasteiger partial charge on any atom is 0.327 e. The number of carbonyl (C=O) groups is 3. The van der Waals surface area contributed by atoms with Crippen LogP contribution < -0.4 is 5.32 Å². The summed E-state index contributed by atoms with van der Waals surface area (Å²) in [5, 5.41) is 11.9. The molecule has 0 aliphatic carbocycles. The summed E-state index contributed by atoms with van der Waals surface area (Å²) >= 11 is 1.45. The van der Waals surface area contributed by atoms with E-state index < -0.39 is 23.9 Å². The van der Waals surface area contributed by atoms with E-state index in [2.05, 4.69) is 17.2 Å². The lowest BCUT2D eigenvalue weighted by molar-refractivity contribution is -0.138. The molecule has 2 N–H and O–H groups in total. The Morgan fingerprint density at radius 1 is 1.00 bits per heavy atom. The number of hydrogen-bond donors (Lipinski definition) is 2. The highest BCUT2D eigenvalue weighted by Crippen LogP contribution is 2.11. The van der Waals surface area contributed by atoms with E-state index in [9.17, 15) is 19.5 Å². The predicted molar refractivity (Wildman–Crippen MR) is 128 cm³/mol. The van der Waals surface area contributed by atoms with E-state index in [-0.39, 0.29) is 12.3 Å². The normalized spacial score (nSPS) is 11.1. The standard InChI is InChI=1S/C25H28N2O4S/c1-3-15-27(25(31)26-22(24(29)30)18-32-16-4-2)23(28)21-12-8-11-20(17-21)14-13-19-9-6-5-7-10-19/h5-12,17,22H,3-4,15-16,18H2,1-2H3,(H,26,31)(H,29,30)/t22-/m0/s1. The topological polar surface area (TPSA) is 86.7 Å². The molecule has 0 bridgehead atoms. The van der Waals surface area contributed by atoms with Crippen molar-refractivity contribution in [2.75, 3.05) is 18.1 Å². The monoisotopic (exact) mass is 452 g/mol. The lowest BCUT2D eigenvalue weighted by atomic mass is 10.1. The molecule has 168 valence electrons. The van der Waals surface area contributed by atoms with Gasteiger partial charge in [-0.15, -0.1) is 0 Å². The van der Waals surface area contributed by atoms with Gasteiger partial charge < -0.3 is 10.4 Å². The van der Waals surface area contributed by atoms with E-state index >= 15 is 0 Å². The zero-order valence-electron chi connectivity index (χ0n) is 18.3. The molecule has 1 atom stereocenters. The third kappa shape index (κ3) is 7.78. The molecule has 2 aromatic rings. The van der Waals surface area contributed by atoms with Gasteiger partial charge in [-0.2, -0.15) is 11.8 Å². The molecule has 0 spiro atoms. The van der Waals surface area contributed by atoms with Crippen molar-refractivity contribution in [3.8, 4) is 11.8 Å². The first-order valence-electron chi connectivity index (χ1n) is 10.6. The van der Waals surface area contributed by atoms with E-state index in [0.717, 1.165) is 22.6 Å². The molecule has 32 heavy (non-hydrogen) atoms. The predicted octanol–water partition coefficient (Wildman–Crippen LogP) is 4.24. The van der Waals surface area contributed by atoms with Crippen molar-refractivity contribution >= 4 is 29.7 Å². The van der Waals surface area contributed by atoms with Gasteiger partial charge in [0.25, 0.3) is 5.91 Å². The third-order valence-corrected chi connectivity index (χ3v) is 5.67. The summed E-state index contributed by atoms with van der Waals surface area (Å²) in [6.07, 6.45) is 1.46. The summed E-state index contributed by atoms with van der Waals surface area (Å²) in [6, 6.07) is 14.5. The van der Waals surface area contributed by atoms with Crippen molar-refractivity contribution in [1.82, 2.24) is 10.2 Å². The maximum atomic E-state index is 13.1. The molecular formula is C25H28N2O4S. The number of urea groups is 1. The SMILES string of the molecule is CCCSC[C@H](NC(=O)N(CCC)C(=O)c1cccc(C#Cc2ccccc2)c1)C(=O)O. The lowest BCUT2D eigenvalue weighted by Crippen LogP contribution is -2.51. The van der Waals surface area contributed by atoms with Crippen molar-refractivity contribution < 1.29 is 19.5 Å². The third-order valence-electron chi connectivity index (χ3n) is 4.40. The minimum absolute atomic E-state index is 0.180. The summed E-state index contributed by atoms with van der Waals surface area (Å²) in [4.78, 5) is 38.5. The Morgan fingerprint density at radius 2 is 1.69 bits per heavy atom. The number of nitrogens with one attached hydrogen (secondary N) is 1. The number of carboxylic acid groups (broad SMARTS) is 1. The number of benzene rings is 2. The Balaban J connectivity index is 2.17. The van der Waals surface area contributed by atoms with E-state index in [1.807, 2.05) is 44.2 Å². The highest BCUT2D eigenvalue weighted by molar-refractivity contribution is 7.99. The first-order valence-corrected chi connectivity index (χ1v) is 11.7. The van der Waals surface area contributed by atoms with Gasteiger partial charge >= 0.3 is 12.0 Å². The second-order valence-corrected chi connectivity index (χ2v) is 8.22. The number of rotatable bonds is 9. The molecule has 0 radical (unpaired) electrons. The van der Waals surface area contributed by atoms with Crippen LogP contribution >= 0.6 is 11.8 Å². The fraction of sp³-hybridized carbons (Fsp3) is 0.320. The van der Waals surface area contributed by atoms with Crippen LogP contribution in [0.5, 0.6) is 0 Å². The lowest BCUT2D eigenvalue weighted by Gasteiger charge is -2.23. The van der Waals surface area contributed by atoms with Gasteiger partial charge in [0.15, 0.2) is 0 Å². The van der Waals surface area contributed by atoms with Crippen molar-refractivity contribution in [3.05, 3.63) is 71.3 Å². The van der Waals surface area contributed by atoms with Crippen LogP contribution in [0.4, 0.5) is 4.79 Å². The summed E-state index contributed by atoms with van der Waals surface area (Å²) in [7, 11) is 0. The van der Waals surface area contributed by atoms with Gasteiger partial charge in [0.1, 0.15) is 6.04 Å². The van der Waals surface area contributed by atoms with E-state index in [4.69, 9.17) is 0 Å². The molecule has 2 rings (SSSR count). The molecule has 0 saturated heterocycles. The average molecular weight is 453 g/mol. The first kappa shape index (κ1) is 25.0. The molecule has 0 aliphatic rings. The molecule has 0 fully saturated rings. The van der Waals surface area contributed by atoms with Gasteiger partial charge in [-0.05, 0) is 48.9 Å². The molecule has 6 nitrogen and oxygen atoms in total. The highest BCUT2D eigenvalue weighted by atomic mass is 32.2. The molecule has 2 aromatic carbocycles. The fourth-order valence-electron chi connectivity index (χ4n) is 2.82. The van der Waals surface area contributed by atoms with Crippen LogP contribution in [0.25, 0.3) is 0 Å². The number of amides is 3. The Morgan fingerprint density at radius 3 is 2.34 bits per heavy atom. The van der Waals surface area contributed by atoms with E-state index in [1.54, 1.807) is 24.3 Å². The zero-order chi connectivity index (χ0) is 23.3. The van der Waals surface area contributed by atoms with E-state index in [1.165, 1.54) is 11.8 Å². The van der Waals surface area contributed by atoms with Crippen molar-refractivity contribution in [2.45, 2.75) is 32.7 Å². The van der Waals surface area contributed by atoms with Crippen LogP contribution in [0.2, 0.25) is 0 Å². The molecule has 7 heteroatoms. The number of carbonyl (C=O) groups excluding carboxylic acids is 2. The zero-order valence-corrected chi connectivity index (χ0v) is 19.2. The molecule has 0 aromatic heterocycles. The maximum absolute atomic E-state index is 13.1. The molecular weight excluding hydrogens is 424 g/mol. The second kappa shape index (κ2) is 13.2. The largest absolute Gasteiger partial charge is 0.480 e. The number of thioether (sulfide) groups is 1. The molecule has 0 heterocycles. The summed E-state index contributed by atoms with van der Waals surface area (Å²) in [6.45, 7) is 4.03. The van der Waals surface area contributed by atoms with Crippen LogP contribution in [-0.2, 0) is 4.79 Å². The van der Waals surface area contributed by atoms with Crippen LogP contribution in [-0.4, -0.2) is 52.0 Å². The minimum Gasteiger partial charge on any atom is -0.480 e.